The van der Waals surface area contributed by atoms with Crippen molar-refractivity contribution >= 4 is 29.3 Å². The molecule has 0 aliphatic rings. The summed E-state index contributed by atoms with van der Waals surface area (Å²) in [5.41, 5.74) is 11.4. The summed E-state index contributed by atoms with van der Waals surface area (Å²) in [6.45, 7) is 3.26. The fraction of sp³-hybridized carbons (Fsp3) is 0.333. The van der Waals surface area contributed by atoms with Gasteiger partial charge in [0.25, 0.3) is 5.91 Å². The monoisotopic (exact) mass is 426 g/mol. The maximum atomic E-state index is 12.1. The van der Waals surface area contributed by atoms with E-state index in [0.717, 1.165) is 22.9 Å². The zero-order valence-corrected chi connectivity index (χ0v) is 17.2. The second-order valence-corrected chi connectivity index (χ2v) is 7.02. The van der Waals surface area contributed by atoms with Crippen molar-refractivity contribution in [2.24, 2.45) is 10.1 Å². The van der Waals surface area contributed by atoms with Crippen molar-refractivity contribution in [3.63, 3.8) is 0 Å². The van der Waals surface area contributed by atoms with E-state index in [9.17, 15) is 4.79 Å². The van der Waals surface area contributed by atoms with Crippen LogP contribution >= 0.6 is 11.8 Å². The molecule has 0 saturated heterocycles. The van der Waals surface area contributed by atoms with E-state index in [0.29, 0.717) is 36.8 Å². The largest absolute Gasteiger partial charge is 0.354 e. The predicted molar refractivity (Wildman–Crippen MR) is 116 cm³/mol. The first kappa shape index (κ1) is 22.6. The van der Waals surface area contributed by atoms with Crippen molar-refractivity contribution in [2.75, 3.05) is 25.4 Å². The normalized spacial score (nSPS) is 10.6. The van der Waals surface area contributed by atoms with Crippen LogP contribution in [-0.2, 0) is 5.75 Å². The zero-order chi connectivity index (χ0) is 21.6. The number of imidazole rings is 1. The van der Waals surface area contributed by atoms with Crippen molar-refractivity contribution in [1.82, 2.24) is 25.9 Å². The lowest BCUT2D eigenvalue weighted by atomic mass is 10.2. The Hall–Kier alpha value is -3.68. The van der Waals surface area contributed by atoms with Gasteiger partial charge in [0.05, 0.1) is 18.6 Å². The minimum Gasteiger partial charge on any atom is -0.354 e. The number of nitrogens with one attached hydrogen (secondary N) is 4. The van der Waals surface area contributed by atoms with Gasteiger partial charge in [-0.05, 0) is 24.6 Å². The third kappa shape index (κ3) is 7.75. The summed E-state index contributed by atoms with van der Waals surface area (Å²) in [6, 6.07) is 6.30. The van der Waals surface area contributed by atoms with Crippen molar-refractivity contribution in [2.45, 2.75) is 12.7 Å². The van der Waals surface area contributed by atoms with E-state index < -0.39 is 0 Å². The molecule has 1 heterocycles. The van der Waals surface area contributed by atoms with Gasteiger partial charge in [-0.15, -0.1) is 0 Å². The first-order valence-corrected chi connectivity index (χ1v) is 10.2. The number of aromatic nitrogens is 2. The number of rotatable bonds is 10. The number of azide groups is 1. The summed E-state index contributed by atoms with van der Waals surface area (Å²) in [7, 11) is 0. The third-order valence-corrected chi connectivity index (χ3v) is 4.79. The molecule has 30 heavy (non-hydrogen) atoms. The van der Waals surface area contributed by atoms with E-state index in [1.54, 1.807) is 42.4 Å². The van der Waals surface area contributed by atoms with Crippen molar-refractivity contribution in [1.29, 1.82) is 5.26 Å². The quantitative estimate of drug-likeness (QED) is 0.0665. The van der Waals surface area contributed by atoms with Crippen LogP contribution in [0.5, 0.6) is 0 Å². The second kappa shape index (κ2) is 12.7. The Bertz CT molecular complexity index is 941. The average Bonchev–Trinajstić information content (AvgIpc) is 3.16. The summed E-state index contributed by atoms with van der Waals surface area (Å²) in [5.74, 6) is 1.70. The molecule has 0 fully saturated rings. The van der Waals surface area contributed by atoms with Gasteiger partial charge in [-0.2, -0.15) is 17.0 Å². The lowest BCUT2D eigenvalue weighted by molar-refractivity contribution is 0.0954. The number of nitrogens with zero attached hydrogens (tertiary/aromatic N) is 6. The van der Waals surface area contributed by atoms with Gasteiger partial charge >= 0.3 is 0 Å². The molecule has 11 nitrogen and oxygen atoms in total. The maximum Gasteiger partial charge on any atom is 0.251 e. The Morgan fingerprint density at radius 1 is 1.33 bits per heavy atom. The standard InChI is InChI=1S/C18H22N10OS/c1-13-16(26-12-25-13)10-30-9-8-23-18(24-11-19)22-7-6-21-17(29)14-2-4-15(5-3-14)27-28-20/h2-5,12H,6-10H2,1H3,(H,21,29)(H,25,26)(H2,22,23,24). The van der Waals surface area contributed by atoms with Crippen LogP contribution in [0, 0.1) is 18.4 Å². The van der Waals surface area contributed by atoms with Crippen molar-refractivity contribution < 1.29 is 4.79 Å². The lowest BCUT2D eigenvalue weighted by Crippen LogP contribution is -2.40. The fourth-order valence-electron chi connectivity index (χ4n) is 2.31. The van der Waals surface area contributed by atoms with Crippen molar-refractivity contribution in [3.8, 4) is 6.19 Å². The van der Waals surface area contributed by atoms with E-state index in [1.807, 2.05) is 13.1 Å². The number of carbonyl (C=O) groups excluding carboxylic acids is 1. The highest BCUT2D eigenvalue weighted by Crippen LogP contribution is 2.13. The van der Waals surface area contributed by atoms with Crippen LogP contribution in [0.1, 0.15) is 21.7 Å². The highest BCUT2D eigenvalue weighted by atomic mass is 32.2. The summed E-state index contributed by atoms with van der Waals surface area (Å²) < 4.78 is 0. The van der Waals surface area contributed by atoms with Gasteiger partial charge in [-0.3, -0.25) is 15.1 Å². The summed E-state index contributed by atoms with van der Waals surface area (Å²) in [5, 5.41) is 20.6. The molecule has 0 spiro atoms. The summed E-state index contributed by atoms with van der Waals surface area (Å²) in [4.78, 5) is 26.4. The highest BCUT2D eigenvalue weighted by Gasteiger charge is 2.05. The van der Waals surface area contributed by atoms with E-state index in [2.05, 4.69) is 40.9 Å². The average molecular weight is 427 g/mol. The van der Waals surface area contributed by atoms with Gasteiger partial charge in [-0.25, -0.2) is 4.98 Å². The van der Waals surface area contributed by atoms with E-state index >= 15 is 0 Å². The topological polar surface area (TPSA) is 167 Å². The Kier molecular flexibility index (Phi) is 9.58. The number of hydrogen-bond donors (Lipinski definition) is 4. The Morgan fingerprint density at radius 3 is 2.77 bits per heavy atom. The molecular weight excluding hydrogens is 404 g/mol. The molecule has 0 unspecified atom stereocenters. The smallest absolute Gasteiger partial charge is 0.251 e. The van der Waals surface area contributed by atoms with Crippen LogP contribution in [0.2, 0.25) is 0 Å². The van der Waals surface area contributed by atoms with Crippen LogP contribution in [-0.4, -0.2) is 47.2 Å². The molecule has 0 aliphatic heterocycles. The van der Waals surface area contributed by atoms with Crippen LogP contribution in [0.25, 0.3) is 10.4 Å². The molecule has 2 rings (SSSR count). The highest BCUT2D eigenvalue weighted by molar-refractivity contribution is 7.98. The van der Waals surface area contributed by atoms with Crippen LogP contribution in [0.4, 0.5) is 5.69 Å². The van der Waals surface area contributed by atoms with Gasteiger partial charge < -0.3 is 15.6 Å². The number of H-pyrrole nitrogens is 1. The summed E-state index contributed by atoms with van der Waals surface area (Å²) >= 11 is 1.71. The first-order valence-electron chi connectivity index (χ1n) is 9.07. The molecule has 1 aromatic carbocycles. The number of amides is 1. The van der Waals surface area contributed by atoms with Crippen LogP contribution in [0.15, 0.2) is 40.7 Å². The molecule has 0 bridgehead atoms. The molecule has 0 aliphatic carbocycles. The van der Waals surface area contributed by atoms with E-state index in [1.165, 1.54) is 0 Å². The first-order chi connectivity index (χ1) is 14.6. The molecule has 156 valence electrons. The molecule has 0 radical (unpaired) electrons. The lowest BCUT2D eigenvalue weighted by Gasteiger charge is -2.09. The molecule has 12 heteroatoms. The number of thioether (sulfide) groups is 1. The van der Waals surface area contributed by atoms with Gasteiger partial charge in [0.15, 0.2) is 6.19 Å². The van der Waals surface area contributed by atoms with Crippen molar-refractivity contribution in [3.05, 3.63) is 58.0 Å². The van der Waals surface area contributed by atoms with Crippen LogP contribution < -0.4 is 16.0 Å². The maximum absolute atomic E-state index is 12.1. The molecule has 0 atom stereocenters. The summed E-state index contributed by atoms with van der Waals surface area (Å²) in [6.07, 6.45) is 3.52. The molecule has 1 amide bonds. The van der Waals surface area contributed by atoms with Gasteiger partial charge in [-0.1, -0.05) is 17.2 Å². The second-order valence-electron chi connectivity index (χ2n) is 5.91. The Labute approximate surface area is 178 Å². The molecule has 1 aromatic heterocycles. The van der Waals surface area contributed by atoms with E-state index in [-0.39, 0.29) is 5.91 Å². The molecular formula is C18H22N10OS. The van der Waals surface area contributed by atoms with Crippen LogP contribution in [0.3, 0.4) is 0 Å². The minimum atomic E-state index is -0.249. The molecule has 2 aromatic rings. The number of aliphatic imine (C=N–C) groups is 1. The molecule has 4 N–H and O–H groups in total. The Morgan fingerprint density at radius 2 is 2.10 bits per heavy atom. The predicted octanol–water partition coefficient (Wildman–Crippen LogP) is 2.34. The molecule has 0 saturated carbocycles. The Balaban J connectivity index is 1.68. The number of hydrogen-bond acceptors (Lipinski definition) is 6. The SMILES string of the molecule is Cc1[nH]cnc1CSCCN=C(NC#N)NCCNC(=O)c1ccc(N=[N+]=[N-])cc1. The van der Waals surface area contributed by atoms with Gasteiger partial charge in [0.1, 0.15) is 0 Å². The minimum absolute atomic E-state index is 0.249. The fourth-order valence-corrected chi connectivity index (χ4v) is 3.16. The number of guanidine groups is 1. The number of aryl methyl sites for hydroxylation is 1. The number of nitriles is 1. The third-order valence-electron chi connectivity index (χ3n) is 3.85. The van der Waals surface area contributed by atoms with Gasteiger partial charge in [0.2, 0.25) is 5.96 Å². The van der Waals surface area contributed by atoms with Gasteiger partial charge in [0, 0.05) is 46.5 Å². The number of carbonyl (C=O) groups is 1. The van der Waals surface area contributed by atoms with E-state index in [4.69, 9.17) is 10.8 Å². The zero-order valence-electron chi connectivity index (χ0n) is 16.4. The number of benzene rings is 1. The number of aromatic amines is 1.